The number of amides is 1. The van der Waals surface area contributed by atoms with E-state index in [-0.39, 0.29) is 17.9 Å². The molecule has 0 saturated carbocycles. The van der Waals surface area contributed by atoms with Crippen molar-refractivity contribution in [3.05, 3.63) is 35.9 Å². The Balaban J connectivity index is 1.43. The van der Waals surface area contributed by atoms with Crippen molar-refractivity contribution in [2.45, 2.75) is 141 Å². The van der Waals surface area contributed by atoms with E-state index < -0.39 is 0 Å². The fraction of sp³-hybridized carbons (Fsp3) is 0.759. The van der Waals surface area contributed by atoms with Crippen LogP contribution in [0, 0.1) is 0 Å². The molecule has 3 nitrogen and oxygen atoms in total. The highest BCUT2D eigenvalue weighted by Crippen LogP contribution is 2.33. The van der Waals surface area contributed by atoms with Crippen molar-refractivity contribution < 1.29 is 10.0 Å². The summed E-state index contributed by atoms with van der Waals surface area (Å²) in [6, 6.07) is 10.3. The summed E-state index contributed by atoms with van der Waals surface area (Å²) in [6.07, 6.45) is 24.1. The van der Waals surface area contributed by atoms with Gasteiger partial charge in [0.2, 0.25) is 5.91 Å². The van der Waals surface area contributed by atoms with Crippen molar-refractivity contribution in [2.24, 2.45) is 0 Å². The standard InChI is InChI=1S/C29H49NO2/c1-2-3-4-5-6-7-8-9-10-11-12-13-14-15-16-20-23-28-24-27(25-29(31)30(28)32)26-21-18-17-19-22-26/h17-19,21-22,27-28,32H,2-16,20,23-25H2,1H3/t27-,28-/m0/s1. The molecular weight excluding hydrogens is 394 g/mol. The molecule has 32 heavy (non-hydrogen) atoms. The summed E-state index contributed by atoms with van der Waals surface area (Å²) in [5.41, 5.74) is 1.23. The second kappa shape index (κ2) is 17.2. The Morgan fingerprint density at radius 2 is 1.22 bits per heavy atom. The number of unbranched alkanes of at least 4 members (excludes halogenated alkanes) is 15. The lowest BCUT2D eigenvalue weighted by atomic mass is 9.84. The Labute approximate surface area is 197 Å². The molecule has 1 aromatic carbocycles. The second-order valence-corrected chi connectivity index (χ2v) is 10.0. The van der Waals surface area contributed by atoms with Gasteiger partial charge in [0, 0.05) is 6.42 Å². The topological polar surface area (TPSA) is 40.5 Å². The molecule has 1 saturated heterocycles. The van der Waals surface area contributed by atoms with Crippen molar-refractivity contribution in [2.75, 3.05) is 0 Å². The van der Waals surface area contributed by atoms with Gasteiger partial charge in [-0.3, -0.25) is 10.0 Å². The molecule has 3 heteroatoms. The number of benzene rings is 1. The van der Waals surface area contributed by atoms with Gasteiger partial charge in [0.05, 0.1) is 6.04 Å². The summed E-state index contributed by atoms with van der Waals surface area (Å²) in [4.78, 5) is 12.2. The highest BCUT2D eigenvalue weighted by atomic mass is 16.5. The third-order valence-corrected chi connectivity index (χ3v) is 7.24. The van der Waals surface area contributed by atoms with E-state index in [2.05, 4.69) is 19.1 Å². The quantitative estimate of drug-likeness (QED) is 0.182. The first-order valence-corrected chi connectivity index (χ1v) is 13.8. The number of nitrogens with zero attached hydrogens (tertiary/aromatic N) is 1. The molecule has 1 fully saturated rings. The van der Waals surface area contributed by atoms with Crippen LogP contribution in [-0.2, 0) is 4.79 Å². The zero-order valence-electron chi connectivity index (χ0n) is 20.8. The first-order valence-electron chi connectivity index (χ1n) is 13.8. The van der Waals surface area contributed by atoms with E-state index in [0.29, 0.717) is 6.42 Å². The maximum Gasteiger partial charge on any atom is 0.246 e. The Hall–Kier alpha value is -1.35. The molecule has 1 aromatic rings. The molecule has 0 bridgehead atoms. The monoisotopic (exact) mass is 443 g/mol. The minimum absolute atomic E-state index is 0.0203. The van der Waals surface area contributed by atoms with Crippen LogP contribution in [0.15, 0.2) is 30.3 Å². The lowest BCUT2D eigenvalue weighted by molar-refractivity contribution is -0.184. The van der Waals surface area contributed by atoms with E-state index in [1.54, 1.807) is 0 Å². The van der Waals surface area contributed by atoms with Crippen LogP contribution >= 0.6 is 0 Å². The van der Waals surface area contributed by atoms with Gasteiger partial charge in [-0.15, -0.1) is 0 Å². The summed E-state index contributed by atoms with van der Waals surface area (Å²) < 4.78 is 0. The predicted molar refractivity (Wildman–Crippen MR) is 135 cm³/mol. The number of carbonyl (C=O) groups is 1. The molecule has 0 aromatic heterocycles. The largest absolute Gasteiger partial charge is 0.286 e. The summed E-state index contributed by atoms with van der Waals surface area (Å²) in [6.45, 7) is 2.28. The molecule has 1 amide bonds. The van der Waals surface area contributed by atoms with Gasteiger partial charge < -0.3 is 0 Å². The van der Waals surface area contributed by atoms with E-state index in [4.69, 9.17) is 0 Å². The SMILES string of the molecule is CCCCCCCCCCCCCCCCCC[C@H]1C[C@H](c2ccccc2)CC(=O)N1O. The van der Waals surface area contributed by atoms with Crippen LogP contribution in [0.5, 0.6) is 0 Å². The number of rotatable bonds is 18. The number of hydrogen-bond acceptors (Lipinski definition) is 2. The van der Waals surface area contributed by atoms with Crippen LogP contribution in [0.1, 0.15) is 140 Å². The lowest BCUT2D eigenvalue weighted by Crippen LogP contribution is -2.43. The van der Waals surface area contributed by atoms with Gasteiger partial charge in [0.25, 0.3) is 0 Å². The average Bonchev–Trinajstić information content (AvgIpc) is 2.81. The number of piperidine rings is 1. The summed E-state index contributed by atoms with van der Waals surface area (Å²) in [5.74, 6) is 0.129. The summed E-state index contributed by atoms with van der Waals surface area (Å²) in [5, 5.41) is 11.2. The van der Waals surface area contributed by atoms with E-state index in [0.717, 1.165) is 24.3 Å². The predicted octanol–water partition coefficient (Wildman–Crippen LogP) is 8.80. The molecule has 1 N–H and O–H groups in total. The van der Waals surface area contributed by atoms with Crippen molar-refractivity contribution >= 4 is 5.91 Å². The van der Waals surface area contributed by atoms with E-state index in [1.165, 1.54) is 102 Å². The molecule has 2 rings (SSSR count). The first kappa shape index (κ1) is 26.9. The van der Waals surface area contributed by atoms with Gasteiger partial charge in [-0.2, -0.15) is 0 Å². The second-order valence-electron chi connectivity index (χ2n) is 10.0. The van der Waals surface area contributed by atoms with Crippen molar-refractivity contribution in [3.8, 4) is 0 Å². The van der Waals surface area contributed by atoms with Crippen molar-refractivity contribution in [3.63, 3.8) is 0 Å². The molecule has 0 spiro atoms. The smallest absolute Gasteiger partial charge is 0.246 e. The van der Waals surface area contributed by atoms with E-state index >= 15 is 0 Å². The molecule has 1 aliphatic heterocycles. The van der Waals surface area contributed by atoms with Gasteiger partial charge in [0.15, 0.2) is 0 Å². The summed E-state index contributed by atoms with van der Waals surface area (Å²) in [7, 11) is 0. The van der Waals surface area contributed by atoms with Crippen LogP contribution < -0.4 is 0 Å². The third-order valence-electron chi connectivity index (χ3n) is 7.24. The van der Waals surface area contributed by atoms with Gasteiger partial charge in [-0.25, -0.2) is 5.06 Å². The molecule has 0 aliphatic carbocycles. The molecule has 0 radical (unpaired) electrons. The Kier molecular flexibility index (Phi) is 14.4. The molecule has 182 valence electrons. The van der Waals surface area contributed by atoms with Crippen molar-refractivity contribution in [1.82, 2.24) is 5.06 Å². The van der Waals surface area contributed by atoms with Gasteiger partial charge >= 0.3 is 0 Å². The maximum atomic E-state index is 12.2. The molecular formula is C29H49NO2. The Bertz CT molecular complexity index is 588. The minimum Gasteiger partial charge on any atom is -0.286 e. The third kappa shape index (κ3) is 11.0. The zero-order valence-corrected chi connectivity index (χ0v) is 20.8. The van der Waals surface area contributed by atoms with Crippen molar-refractivity contribution in [1.29, 1.82) is 0 Å². The number of hydrogen-bond donors (Lipinski definition) is 1. The van der Waals surface area contributed by atoms with Crippen LogP contribution in [0.25, 0.3) is 0 Å². The van der Waals surface area contributed by atoms with E-state index in [9.17, 15) is 10.0 Å². The zero-order chi connectivity index (χ0) is 22.9. The Morgan fingerprint density at radius 3 is 1.72 bits per heavy atom. The Morgan fingerprint density at radius 1 is 0.750 bits per heavy atom. The van der Waals surface area contributed by atoms with Gasteiger partial charge in [-0.05, 0) is 24.3 Å². The molecule has 1 aliphatic rings. The van der Waals surface area contributed by atoms with Gasteiger partial charge in [-0.1, -0.05) is 140 Å². The fourth-order valence-corrected chi connectivity index (χ4v) is 5.17. The van der Waals surface area contributed by atoms with Crippen LogP contribution in [0.4, 0.5) is 0 Å². The van der Waals surface area contributed by atoms with Crippen LogP contribution in [-0.4, -0.2) is 22.2 Å². The highest BCUT2D eigenvalue weighted by molar-refractivity contribution is 5.77. The first-order chi connectivity index (χ1) is 15.7. The normalized spacial score (nSPS) is 18.9. The number of carbonyl (C=O) groups excluding carboxylic acids is 1. The average molecular weight is 444 g/mol. The van der Waals surface area contributed by atoms with Crippen LogP contribution in [0.3, 0.4) is 0 Å². The number of hydroxylamine groups is 2. The highest BCUT2D eigenvalue weighted by Gasteiger charge is 2.33. The van der Waals surface area contributed by atoms with Gasteiger partial charge in [0.1, 0.15) is 0 Å². The van der Waals surface area contributed by atoms with E-state index in [1.807, 2.05) is 18.2 Å². The minimum atomic E-state index is -0.119. The summed E-state index contributed by atoms with van der Waals surface area (Å²) >= 11 is 0. The van der Waals surface area contributed by atoms with Crippen LogP contribution in [0.2, 0.25) is 0 Å². The molecule has 0 unspecified atom stereocenters. The molecule has 1 heterocycles. The lowest BCUT2D eigenvalue weighted by Gasteiger charge is -2.35. The maximum absolute atomic E-state index is 12.2. The fourth-order valence-electron chi connectivity index (χ4n) is 5.17. The molecule has 2 atom stereocenters.